The summed E-state index contributed by atoms with van der Waals surface area (Å²) in [6, 6.07) is 16.2. The van der Waals surface area contributed by atoms with Crippen LogP contribution in [0.25, 0.3) is 11.3 Å². The number of nitriles is 1. The van der Waals surface area contributed by atoms with Gasteiger partial charge in [0.15, 0.2) is 0 Å². The van der Waals surface area contributed by atoms with Crippen LogP contribution in [0.4, 0.5) is 13.2 Å². The molecule has 0 atom stereocenters. The van der Waals surface area contributed by atoms with Crippen LogP contribution < -0.4 is 0 Å². The smallest absolute Gasteiger partial charge is 0.240 e. The molecule has 2 aromatic carbocycles. The van der Waals surface area contributed by atoms with Gasteiger partial charge in [0.05, 0.1) is 16.8 Å². The molecular weight excluding hydrogens is 393 g/mol. The molecule has 0 unspecified atom stereocenters. The number of aromatic nitrogens is 1. The third kappa shape index (κ3) is 4.44. The number of pyridine rings is 1. The number of alkyl halides is 3. The average Bonchev–Trinajstić information content (AvgIpc) is 2.63. The van der Waals surface area contributed by atoms with Gasteiger partial charge in [0.1, 0.15) is 11.1 Å². The van der Waals surface area contributed by atoms with E-state index < -0.39 is 17.3 Å². The Kier molecular flexibility index (Phi) is 5.45. The Morgan fingerprint density at radius 3 is 2.22 bits per heavy atom. The fourth-order valence-electron chi connectivity index (χ4n) is 2.41. The van der Waals surface area contributed by atoms with Crippen LogP contribution in [0.1, 0.15) is 16.7 Å². The Morgan fingerprint density at radius 2 is 1.67 bits per heavy atom. The summed E-state index contributed by atoms with van der Waals surface area (Å²) in [5.74, 6) is 0. The van der Waals surface area contributed by atoms with Gasteiger partial charge in [-0.05, 0) is 37.3 Å². The van der Waals surface area contributed by atoms with E-state index in [1.54, 1.807) is 42.5 Å². The van der Waals surface area contributed by atoms with E-state index in [2.05, 4.69) is 4.98 Å². The maximum absolute atomic E-state index is 13.6. The molecule has 136 valence electrons. The molecule has 0 saturated heterocycles. The maximum atomic E-state index is 13.6. The standard InChI is InChI=1S/C20H12ClF3N2S/c1-12-2-8-15(9-3-12)27-19-16(11-25)17(20(22,23)24)10-18(26-19)13-4-6-14(21)7-5-13/h2-10H,1H3. The molecule has 0 N–H and O–H groups in total. The molecule has 2 nitrogen and oxygen atoms in total. The van der Waals surface area contributed by atoms with Crippen molar-refractivity contribution in [1.82, 2.24) is 4.98 Å². The first kappa shape index (κ1) is 19.3. The molecule has 0 bridgehead atoms. The van der Waals surface area contributed by atoms with Gasteiger partial charge in [-0.15, -0.1) is 0 Å². The van der Waals surface area contributed by atoms with Crippen molar-refractivity contribution in [3.63, 3.8) is 0 Å². The Bertz CT molecular complexity index is 1010. The second kappa shape index (κ2) is 7.63. The third-order valence-electron chi connectivity index (χ3n) is 3.78. The van der Waals surface area contributed by atoms with Gasteiger partial charge in [-0.2, -0.15) is 18.4 Å². The lowest BCUT2D eigenvalue weighted by atomic mass is 10.1. The van der Waals surface area contributed by atoms with Gasteiger partial charge in [-0.25, -0.2) is 4.98 Å². The maximum Gasteiger partial charge on any atom is 0.417 e. The van der Waals surface area contributed by atoms with Crippen LogP contribution in [0.15, 0.2) is 64.5 Å². The Labute approximate surface area is 163 Å². The second-order valence-electron chi connectivity index (χ2n) is 5.77. The molecule has 3 rings (SSSR count). The van der Waals surface area contributed by atoms with Gasteiger partial charge in [0.2, 0.25) is 0 Å². The minimum atomic E-state index is -4.67. The highest BCUT2D eigenvalue weighted by atomic mass is 35.5. The van der Waals surface area contributed by atoms with E-state index in [0.717, 1.165) is 23.4 Å². The minimum absolute atomic E-state index is 0.0149. The van der Waals surface area contributed by atoms with Crippen LogP contribution in [0.2, 0.25) is 5.02 Å². The number of nitrogens with zero attached hydrogens (tertiary/aromatic N) is 2. The van der Waals surface area contributed by atoms with E-state index in [1.165, 1.54) is 0 Å². The van der Waals surface area contributed by atoms with Gasteiger partial charge in [-0.1, -0.05) is 53.2 Å². The molecule has 7 heteroatoms. The largest absolute Gasteiger partial charge is 0.417 e. The van der Waals surface area contributed by atoms with Gasteiger partial charge in [-0.3, -0.25) is 0 Å². The summed E-state index contributed by atoms with van der Waals surface area (Å²) in [5, 5.41) is 9.85. The lowest BCUT2D eigenvalue weighted by Gasteiger charge is -2.14. The monoisotopic (exact) mass is 404 g/mol. The number of halogens is 4. The normalized spacial score (nSPS) is 11.3. The molecule has 0 fully saturated rings. The van der Waals surface area contributed by atoms with E-state index in [9.17, 15) is 18.4 Å². The summed E-state index contributed by atoms with van der Waals surface area (Å²) in [6.07, 6.45) is -4.67. The van der Waals surface area contributed by atoms with Crippen LogP contribution in [-0.2, 0) is 6.18 Å². The highest BCUT2D eigenvalue weighted by Crippen LogP contribution is 2.39. The molecule has 0 aliphatic heterocycles. The number of aryl methyl sites for hydroxylation is 1. The second-order valence-corrected chi connectivity index (χ2v) is 7.27. The van der Waals surface area contributed by atoms with Crippen molar-refractivity contribution in [2.45, 2.75) is 23.0 Å². The van der Waals surface area contributed by atoms with Gasteiger partial charge in [0, 0.05) is 15.5 Å². The first-order valence-corrected chi connectivity index (χ1v) is 9.00. The summed E-state index contributed by atoms with van der Waals surface area (Å²) in [4.78, 5) is 5.03. The fourth-order valence-corrected chi connectivity index (χ4v) is 3.44. The van der Waals surface area contributed by atoms with Crippen molar-refractivity contribution >= 4 is 23.4 Å². The van der Waals surface area contributed by atoms with Crippen LogP contribution in [0.5, 0.6) is 0 Å². The summed E-state index contributed by atoms with van der Waals surface area (Å²) >= 11 is 6.88. The first-order valence-electron chi connectivity index (χ1n) is 7.81. The lowest BCUT2D eigenvalue weighted by molar-refractivity contribution is -0.138. The lowest BCUT2D eigenvalue weighted by Crippen LogP contribution is -2.10. The van der Waals surface area contributed by atoms with Crippen molar-refractivity contribution in [1.29, 1.82) is 5.26 Å². The summed E-state index contributed by atoms with van der Waals surface area (Å²) in [7, 11) is 0. The first-order chi connectivity index (χ1) is 12.8. The zero-order valence-electron chi connectivity index (χ0n) is 14.0. The predicted octanol–water partition coefficient (Wildman–Crippen LogP) is 6.75. The van der Waals surface area contributed by atoms with Crippen molar-refractivity contribution in [2.24, 2.45) is 0 Å². The Morgan fingerprint density at radius 1 is 1.04 bits per heavy atom. The summed E-state index contributed by atoms with van der Waals surface area (Å²) < 4.78 is 40.7. The van der Waals surface area contributed by atoms with E-state index in [0.29, 0.717) is 15.5 Å². The van der Waals surface area contributed by atoms with Crippen molar-refractivity contribution < 1.29 is 13.2 Å². The molecule has 3 aromatic rings. The summed E-state index contributed by atoms with van der Waals surface area (Å²) in [6.45, 7) is 1.91. The van der Waals surface area contributed by atoms with Crippen molar-refractivity contribution in [3.05, 3.63) is 76.3 Å². The highest BCUT2D eigenvalue weighted by molar-refractivity contribution is 7.99. The van der Waals surface area contributed by atoms with E-state index in [-0.39, 0.29) is 10.7 Å². The molecule has 0 aliphatic carbocycles. The number of hydrogen-bond donors (Lipinski definition) is 0. The third-order valence-corrected chi connectivity index (χ3v) is 5.03. The predicted molar refractivity (Wildman–Crippen MR) is 99.7 cm³/mol. The zero-order chi connectivity index (χ0) is 19.6. The van der Waals surface area contributed by atoms with E-state index in [4.69, 9.17) is 11.6 Å². The average molecular weight is 405 g/mol. The van der Waals surface area contributed by atoms with E-state index in [1.807, 2.05) is 19.1 Å². The molecular formula is C20H12ClF3N2S. The molecule has 0 aliphatic rings. The van der Waals surface area contributed by atoms with Crippen LogP contribution in [-0.4, -0.2) is 4.98 Å². The van der Waals surface area contributed by atoms with Crippen LogP contribution >= 0.6 is 23.4 Å². The molecule has 0 spiro atoms. The Hall–Kier alpha value is -2.49. The van der Waals surface area contributed by atoms with Crippen molar-refractivity contribution in [2.75, 3.05) is 0 Å². The topological polar surface area (TPSA) is 36.7 Å². The molecule has 1 aromatic heterocycles. The highest BCUT2D eigenvalue weighted by Gasteiger charge is 2.36. The Balaban J connectivity index is 2.17. The van der Waals surface area contributed by atoms with Crippen LogP contribution in [0, 0.1) is 18.3 Å². The SMILES string of the molecule is Cc1ccc(Sc2nc(-c3ccc(Cl)cc3)cc(C(F)(F)F)c2C#N)cc1. The molecule has 0 saturated carbocycles. The number of benzene rings is 2. The van der Waals surface area contributed by atoms with Crippen LogP contribution in [0.3, 0.4) is 0 Å². The van der Waals surface area contributed by atoms with Crippen molar-refractivity contribution in [3.8, 4) is 17.3 Å². The molecule has 27 heavy (non-hydrogen) atoms. The fraction of sp³-hybridized carbons (Fsp3) is 0.100. The number of hydrogen-bond acceptors (Lipinski definition) is 3. The van der Waals surface area contributed by atoms with Gasteiger partial charge < -0.3 is 0 Å². The molecule has 0 radical (unpaired) electrons. The van der Waals surface area contributed by atoms with E-state index >= 15 is 0 Å². The van der Waals surface area contributed by atoms with Gasteiger partial charge in [0.25, 0.3) is 0 Å². The minimum Gasteiger partial charge on any atom is -0.240 e. The van der Waals surface area contributed by atoms with Gasteiger partial charge >= 0.3 is 6.18 Å². The number of rotatable bonds is 3. The summed E-state index contributed by atoms with van der Waals surface area (Å²) in [5.41, 5.74) is 0.164. The zero-order valence-corrected chi connectivity index (χ0v) is 15.6. The quantitative estimate of drug-likeness (QED) is 0.484. The molecule has 1 heterocycles. The molecule has 0 amide bonds.